The number of rotatable bonds is 11. The molecule has 0 aliphatic heterocycles. The zero-order valence-electron chi connectivity index (χ0n) is 21.8. The van der Waals surface area contributed by atoms with Crippen molar-refractivity contribution in [2.75, 3.05) is 23.3 Å². The van der Waals surface area contributed by atoms with Gasteiger partial charge in [0.25, 0.3) is 0 Å². The third-order valence-electron chi connectivity index (χ3n) is 6.23. The van der Waals surface area contributed by atoms with Gasteiger partial charge in [-0.1, -0.05) is 73.1 Å². The highest BCUT2D eigenvalue weighted by Gasteiger charge is 2.19. The van der Waals surface area contributed by atoms with Gasteiger partial charge in [0.1, 0.15) is 11.5 Å². The molecule has 3 amide bonds. The molecule has 6 nitrogen and oxygen atoms in total. The van der Waals surface area contributed by atoms with Crippen molar-refractivity contribution in [1.82, 2.24) is 5.32 Å². The Kier molecular flexibility index (Phi) is 9.98. The number of amides is 3. The molecule has 4 aromatic rings. The number of nitrogens with zero attached hydrogens (tertiary/aromatic N) is 1. The Balaban J connectivity index is 1.42. The lowest BCUT2D eigenvalue weighted by Gasteiger charge is -2.24. The first-order valence-corrected chi connectivity index (χ1v) is 13.4. The molecule has 0 aliphatic rings. The maximum absolute atomic E-state index is 13.3. The fraction of sp³-hybridized carbons (Fsp3) is 0.188. The van der Waals surface area contributed by atoms with Gasteiger partial charge < -0.3 is 15.4 Å². The molecule has 0 aliphatic carbocycles. The summed E-state index contributed by atoms with van der Waals surface area (Å²) in [7, 11) is 0. The SMILES string of the molecule is CCC(C(=O)NCCCN(C(=O)Nc1cccc(Cl)c1)c1ccc(Oc2ccccc2)cc1)c1ccccc1. The Labute approximate surface area is 234 Å². The smallest absolute Gasteiger partial charge is 0.326 e. The van der Waals surface area contributed by atoms with E-state index in [0.717, 1.165) is 11.3 Å². The van der Waals surface area contributed by atoms with E-state index in [0.29, 0.717) is 48.1 Å². The predicted octanol–water partition coefficient (Wildman–Crippen LogP) is 7.87. The molecule has 0 spiro atoms. The van der Waals surface area contributed by atoms with Gasteiger partial charge in [0.15, 0.2) is 0 Å². The molecule has 4 aromatic carbocycles. The molecule has 0 fully saturated rings. The first-order valence-electron chi connectivity index (χ1n) is 13.0. The number of ether oxygens (including phenoxy) is 1. The van der Waals surface area contributed by atoms with E-state index in [4.69, 9.17) is 16.3 Å². The van der Waals surface area contributed by atoms with Crippen LogP contribution in [0.5, 0.6) is 11.5 Å². The third-order valence-corrected chi connectivity index (χ3v) is 6.47. The van der Waals surface area contributed by atoms with Crippen molar-refractivity contribution in [3.63, 3.8) is 0 Å². The lowest BCUT2D eigenvalue weighted by molar-refractivity contribution is -0.122. The van der Waals surface area contributed by atoms with Crippen LogP contribution in [0.4, 0.5) is 16.2 Å². The predicted molar refractivity (Wildman–Crippen MR) is 158 cm³/mol. The lowest BCUT2D eigenvalue weighted by Crippen LogP contribution is -2.38. The molecule has 1 atom stereocenters. The maximum Gasteiger partial charge on any atom is 0.326 e. The molecular formula is C32H32ClN3O3. The van der Waals surface area contributed by atoms with E-state index in [1.165, 1.54) is 0 Å². The minimum atomic E-state index is -0.295. The summed E-state index contributed by atoms with van der Waals surface area (Å²) in [5.41, 5.74) is 2.30. The highest BCUT2D eigenvalue weighted by atomic mass is 35.5. The molecular weight excluding hydrogens is 510 g/mol. The van der Waals surface area contributed by atoms with Crippen LogP contribution in [0.2, 0.25) is 5.02 Å². The zero-order chi connectivity index (χ0) is 27.5. The van der Waals surface area contributed by atoms with Crippen molar-refractivity contribution in [3.05, 3.63) is 120 Å². The number of carbonyl (C=O) groups excluding carboxylic acids is 2. The Hall–Kier alpha value is -4.29. The molecule has 1 unspecified atom stereocenters. The second-order valence-electron chi connectivity index (χ2n) is 9.02. The summed E-state index contributed by atoms with van der Waals surface area (Å²) in [5, 5.41) is 6.49. The van der Waals surface area contributed by atoms with Crippen LogP contribution in [-0.4, -0.2) is 25.0 Å². The van der Waals surface area contributed by atoms with Crippen LogP contribution in [-0.2, 0) is 4.79 Å². The average molecular weight is 542 g/mol. The number of halogens is 1. The van der Waals surface area contributed by atoms with E-state index in [2.05, 4.69) is 10.6 Å². The number of nitrogens with one attached hydrogen (secondary N) is 2. The molecule has 7 heteroatoms. The fourth-order valence-corrected chi connectivity index (χ4v) is 4.44. The number of anilines is 2. The minimum absolute atomic E-state index is 0.0129. The topological polar surface area (TPSA) is 70.7 Å². The summed E-state index contributed by atoms with van der Waals surface area (Å²) in [5.74, 6) is 1.18. The second kappa shape index (κ2) is 14.0. The van der Waals surface area contributed by atoms with Crippen LogP contribution in [0.3, 0.4) is 0 Å². The van der Waals surface area contributed by atoms with Crippen LogP contribution in [0.15, 0.2) is 109 Å². The van der Waals surface area contributed by atoms with Gasteiger partial charge in [-0.05, 0) is 73.0 Å². The van der Waals surface area contributed by atoms with Crippen LogP contribution < -0.4 is 20.3 Å². The molecule has 39 heavy (non-hydrogen) atoms. The Morgan fingerprint density at radius 3 is 2.18 bits per heavy atom. The highest BCUT2D eigenvalue weighted by Crippen LogP contribution is 2.26. The van der Waals surface area contributed by atoms with Gasteiger partial charge in [-0.25, -0.2) is 4.79 Å². The second-order valence-corrected chi connectivity index (χ2v) is 9.45. The van der Waals surface area contributed by atoms with E-state index >= 15 is 0 Å². The van der Waals surface area contributed by atoms with Gasteiger partial charge >= 0.3 is 6.03 Å². The molecule has 0 saturated carbocycles. The van der Waals surface area contributed by atoms with Crippen molar-refractivity contribution in [1.29, 1.82) is 0 Å². The number of benzene rings is 4. The van der Waals surface area contributed by atoms with Crippen molar-refractivity contribution < 1.29 is 14.3 Å². The van der Waals surface area contributed by atoms with Gasteiger partial charge in [-0.2, -0.15) is 0 Å². The van der Waals surface area contributed by atoms with E-state index in [-0.39, 0.29) is 17.9 Å². The molecule has 2 N–H and O–H groups in total. The summed E-state index contributed by atoms with van der Waals surface area (Å²) < 4.78 is 5.90. The zero-order valence-corrected chi connectivity index (χ0v) is 22.6. The summed E-state index contributed by atoms with van der Waals surface area (Å²) in [6.45, 7) is 2.84. The molecule has 0 aromatic heterocycles. The first kappa shape index (κ1) is 27.7. The largest absolute Gasteiger partial charge is 0.457 e. The van der Waals surface area contributed by atoms with Crippen molar-refractivity contribution in [3.8, 4) is 11.5 Å². The average Bonchev–Trinajstić information content (AvgIpc) is 2.95. The molecule has 0 heterocycles. The Morgan fingerprint density at radius 1 is 0.846 bits per heavy atom. The van der Waals surface area contributed by atoms with Crippen LogP contribution >= 0.6 is 11.6 Å². The number of carbonyl (C=O) groups is 2. The molecule has 0 saturated heterocycles. The van der Waals surface area contributed by atoms with E-state index in [9.17, 15) is 9.59 Å². The summed E-state index contributed by atoms with van der Waals surface area (Å²) in [4.78, 5) is 27.8. The Bertz CT molecular complexity index is 1350. The Morgan fingerprint density at radius 2 is 1.51 bits per heavy atom. The van der Waals surface area contributed by atoms with E-state index < -0.39 is 0 Å². The minimum Gasteiger partial charge on any atom is -0.457 e. The first-order chi connectivity index (χ1) is 19.0. The van der Waals surface area contributed by atoms with Gasteiger partial charge in [-0.3, -0.25) is 9.69 Å². The van der Waals surface area contributed by atoms with Crippen LogP contribution in [0, 0.1) is 0 Å². The van der Waals surface area contributed by atoms with Crippen LogP contribution in [0.25, 0.3) is 0 Å². The van der Waals surface area contributed by atoms with Crippen molar-refractivity contribution in [2.24, 2.45) is 0 Å². The molecule has 0 bridgehead atoms. The monoisotopic (exact) mass is 541 g/mol. The standard InChI is InChI=1S/C32H32ClN3O3/c1-2-30(24-11-5-3-6-12-24)31(37)34-21-10-22-36(32(38)35-26-14-9-13-25(33)23-26)27-17-19-29(20-18-27)39-28-15-7-4-8-16-28/h3-9,11-20,23,30H,2,10,21-22H2,1H3,(H,34,37)(H,35,38). The summed E-state index contributed by atoms with van der Waals surface area (Å²) >= 11 is 6.10. The molecule has 200 valence electrons. The molecule has 4 rings (SSSR count). The highest BCUT2D eigenvalue weighted by molar-refractivity contribution is 6.30. The molecule has 0 radical (unpaired) electrons. The summed E-state index contributed by atoms with van der Waals surface area (Å²) in [6, 6.07) is 33.4. The quantitative estimate of drug-likeness (QED) is 0.190. The van der Waals surface area contributed by atoms with Crippen LogP contribution in [0.1, 0.15) is 31.2 Å². The van der Waals surface area contributed by atoms with Gasteiger partial charge in [0, 0.05) is 29.5 Å². The number of urea groups is 1. The number of hydrogen-bond donors (Lipinski definition) is 2. The number of para-hydroxylation sites is 1. The summed E-state index contributed by atoms with van der Waals surface area (Å²) in [6.07, 6.45) is 1.28. The normalized spacial score (nSPS) is 11.3. The van der Waals surface area contributed by atoms with Gasteiger partial charge in [-0.15, -0.1) is 0 Å². The van der Waals surface area contributed by atoms with Crippen molar-refractivity contribution >= 4 is 34.9 Å². The van der Waals surface area contributed by atoms with E-state index in [1.807, 2.05) is 91.9 Å². The third kappa shape index (κ3) is 8.09. The van der Waals surface area contributed by atoms with Gasteiger partial charge in [0.2, 0.25) is 5.91 Å². The van der Waals surface area contributed by atoms with E-state index in [1.54, 1.807) is 29.2 Å². The van der Waals surface area contributed by atoms with Crippen molar-refractivity contribution in [2.45, 2.75) is 25.7 Å². The maximum atomic E-state index is 13.3. The number of hydrogen-bond acceptors (Lipinski definition) is 3. The fourth-order valence-electron chi connectivity index (χ4n) is 4.25. The van der Waals surface area contributed by atoms with Gasteiger partial charge in [0.05, 0.1) is 5.92 Å². The lowest BCUT2D eigenvalue weighted by atomic mass is 9.96.